The highest BCUT2D eigenvalue weighted by molar-refractivity contribution is 5.60. The van der Waals surface area contributed by atoms with Crippen molar-refractivity contribution in [2.75, 3.05) is 33.4 Å². The number of methoxy groups -OCH3 is 1. The van der Waals surface area contributed by atoms with E-state index >= 15 is 0 Å². The van der Waals surface area contributed by atoms with Crippen LogP contribution in [0.15, 0.2) is 67.3 Å². The van der Waals surface area contributed by atoms with Crippen LogP contribution < -0.4 is 0 Å². The monoisotopic (exact) mass is 354 g/mol. The van der Waals surface area contributed by atoms with Gasteiger partial charge >= 0.3 is 6.16 Å². The van der Waals surface area contributed by atoms with Gasteiger partial charge in [0.1, 0.15) is 6.61 Å². The largest absolute Gasteiger partial charge is 0.508 e. The summed E-state index contributed by atoms with van der Waals surface area (Å²) < 4.78 is 9.23. The van der Waals surface area contributed by atoms with Gasteiger partial charge in [-0.05, 0) is 23.8 Å². The zero-order valence-electron chi connectivity index (χ0n) is 15.2. The Bertz CT molecular complexity index is 707. The van der Waals surface area contributed by atoms with Gasteiger partial charge < -0.3 is 14.5 Å². The van der Waals surface area contributed by atoms with Crippen molar-refractivity contribution in [1.29, 1.82) is 0 Å². The van der Waals surface area contributed by atoms with Crippen molar-refractivity contribution in [3.8, 4) is 11.3 Å². The van der Waals surface area contributed by atoms with Crippen LogP contribution in [0.25, 0.3) is 11.3 Å². The highest BCUT2D eigenvalue weighted by atomic mass is 16.7. The van der Waals surface area contributed by atoms with E-state index in [1.165, 1.54) is 18.4 Å². The molecular weight excluding hydrogens is 328 g/mol. The summed E-state index contributed by atoms with van der Waals surface area (Å²) in [6.45, 7) is 6.50. The summed E-state index contributed by atoms with van der Waals surface area (Å²) in [6, 6.07) is 14.5. The minimum atomic E-state index is -0.668. The Morgan fingerprint density at radius 3 is 2.69 bits per heavy atom. The van der Waals surface area contributed by atoms with Gasteiger partial charge in [-0.15, -0.1) is 6.58 Å². The summed E-state index contributed by atoms with van der Waals surface area (Å²) in [6.07, 6.45) is 5.94. The fourth-order valence-electron chi connectivity index (χ4n) is 2.56. The molecule has 1 aromatic heterocycles. The first-order valence-electron chi connectivity index (χ1n) is 8.65. The molecule has 0 aliphatic heterocycles. The van der Waals surface area contributed by atoms with Crippen molar-refractivity contribution in [1.82, 2.24) is 9.88 Å². The SMILES string of the molecule is C=CCN(C/C=C/COC(=O)OC)CCc1ccc(-c2ccccc2)[nH]1. The van der Waals surface area contributed by atoms with E-state index in [0.717, 1.165) is 31.7 Å². The van der Waals surface area contributed by atoms with E-state index in [2.05, 4.69) is 45.5 Å². The Morgan fingerprint density at radius 1 is 1.15 bits per heavy atom. The number of nitrogens with one attached hydrogen (secondary N) is 1. The standard InChI is InChI=1S/C21H26N2O3/c1-3-14-23(15-7-8-17-26-21(24)25-2)16-13-19-11-12-20(22-19)18-9-5-4-6-10-18/h3-12,22H,1,13-17H2,2H3/b8-7+. The molecule has 0 amide bonds. The molecule has 5 nitrogen and oxygen atoms in total. The highest BCUT2D eigenvalue weighted by Crippen LogP contribution is 2.18. The Labute approximate surface area is 154 Å². The minimum Gasteiger partial charge on any atom is -0.438 e. The molecule has 0 unspecified atom stereocenters. The molecule has 2 aromatic rings. The first-order chi connectivity index (χ1) is 12.7. The van der Waals surface area contributed by atoms with Crippen molar-refractivity contribution in [2.45, 2.75) is 6.42 Å². The van der Waals surface area contributed by atoms with Gasteiger partial charge in [0.15, 0.2) is 0 Å². The average molecular weight is 354 g/mol. The zero-order valence-corrected chi connectivity index (χ0v) is 15.2. The maximum atomic E-state index is 10.9. The normalized spacial score (nSPS) is 11.0. The fraction of sp³-hybridized carbons (Fsp3) is 0.286. The summed E-state index contributed by atoms with van der Waals surface area (Å²) in [4.78, 5) is 16.6. The molecule has 1 N–H and O–H groups in total. The van der Waals surface area contributed by atoms with E-state index < -0.39 is 6.16 Å². The molecule has 1 heterocycles. The second kappa shape index (κ2) is 10.9. The molecule has 0 aliphatic carbocycles. The number of nitrogens with zero attached hydrogens (tertiary/aromatic N) is 1. The molecule has 2 rings (SSSR count). The summed E-state index contributed by atoms with van der Waals surface area (Å²) in [5.41, 5.74) is 3.53. The van der Waals surface area contributed by atoms with Crippen LogP contribution in [0.2, 0.25) is 0 Å². The molecule has 0 radical (unpaired) electrons. The lowest BCUT2D eigenvalue weighted by molar-refractivity contribution is 0.0817. The summed E-state index contributed by atoms with van der Waals surface area (Å²) in [5, 5.41) is 0. The number of H-pyrrole nitrogens is 1. The van der Waals surface area contributed by atoms with Crippen LogP contribution in [0.5, 0.6) is 0 Å². The fourth-order valence-corrected chi connectivity index (χ4v) is 2.56. The molecule has 0 saturated heterocycles. The summed E-state index contributed by atoms with van der Waals surface area (Å²) in [5.74, 6) is 0. The van der Waals surface area contributed by atoms with E-state index in [1.807, 2.05) is 36.4 Å². The Kier molecular flexibility index (Phi) is 8.23. The number of aromatic amines is 1. The van der Waals surface area contributed by atoms with Gasteiger partial charge in [-0.25, -0.2) is 4.79 Å². The number of benzene rings is 1. The van der Waals surface area contributed by atoms with Gasteiger partial charge in [-0.2, -0.15) is 0 Å². The van der Waals surface area contributed by atoms with Crippen molar-refractivity contribution in [3.05, 3.63) is 73.0 Å². The maximum Gasteiger partial charge on any atom is 0.508 e. The molecule has 5 heteroatoms. The van der Waals surface area contributed by atoms with Crippen molar-refractivity contribution in [3.63, 3.8) is 0 Å². The number of carbonyl (C=O) groups excluding carboxylic acids is 1. The third-order valence-electron chi connectivity index (χ3n) is 3.91. The summed E-state index contributed by atoms with van der Waals surface area (Å²) in [7, 11) is 1.29. The van der Waals surface area contributed by atoms with Gasteiger partial charge in [0.2, 0.25) is 0 Å². The second-order valence-electron chi connectivity index (χ2n) is 5.80. The van der Waals surface area contributed by atoms with E-state index in [4.69, 9.17) is 4.74 Å². The van der Waals surface area contributed by atoms with Gasteiger partial charge in [0.05, 0.1) is 7.11 Å². The van der Waals surface area contributed by atoms with Crippen molar-refractivity contribution in [2.24, 2.45) is 0 Å². The number of ether oxygens (including phenoxy) is 2. The van der Waals surface area contributed by atoms with Crippen LogP contribution in [0.3, 0.4) is 0 Å². The van der Waals surface area contributed by atoms with Gasteiger partial charge in [0.25, 0.3) is 0 Å². The first-order valence-corrected chi connectivity index (χ1v) is 8.65. The van der Waals surface area contributed by atoms with Crippen LogP contribution in [0.1, 0.15) is 5.69 Å². The van der Waals surface area contributed by atoms with E-state index in [9.17, 15) is 4.79 Å². The van der Waals surface area contributed by atoms with Gasteiger partial charge in [-0.3, -0.25) is 4.90 Å². The Hall–Kier alpha value is -2.79. The number of carbonyl (C=O) groups is 1. The highest BCUT2D eigenvalue weighted by Gasteiger charge is 2.05. The maximum absolute atomic E-state index is 10.9. The van der Waals surface area contributed by atoms with Crippen LogP contribution in [0, 0.1) is 0 Å². The predicted molar refractivity (Wildman–Crippen MR) is 104 cm³/mol. The second-order valence-corrected chi connectivity index (χ2v) is 5.80. The minimum absolute atomic E-state index is 0.214. The number of hydrogen-bond acceptors (Lipinski definition) is 4. The average Bonchev–Trinajstić information content (AvgIpc) is 3.15. The van der Waals surface area contributed by atoms with Gasteiger partial charge in [0, 0.05) is 37.4 Å². The lowest BCUT2D eigenvalue weighted by atomic mass is 10.2. The third-order valence-corrected chi connectivity index (χ3v) is 3.91. The van der Waals surface area contributed by atoms with Crippen molar-refractivity contribution >= 4 is 6.16 Å². The number of aromatic nitrogens is 1. The molecular formula is C21H26N2O3. The lowest BCUT2D eigenvalue weighted by Crippen LogP contribution is -2.26. The van der Waals surface area contributed by atoms with E-state index in [0.29, 0.717) is 0 Å². The molecule has 26 heavy (non-hydrogen) atoms. The van der Waals surface area contributed by atoms with Crippen LogP contribution in [-0.2, 0) is 15.9 Å². The topological polar surface area (TPSA) is 54.6 Å². The zero-order chi connectivity index (χ0) is 18.6. The predicted octanol–water partition coefficient (Wildman–Crippen LogP) is 4.05. The summed E-state index contributed by atoms with van der Waals surface area (Å²) >= 11 is 0. The molecule has 0 aliphatic rings. The van der Waals surface area contributed by atoms with Crippen LogP contribution >= 0.6 is 0 Å². The van der Waals surface area contributed by atoms with E-state index in [-0.39, 0.29) is 6.61 Å². The molecule has 0 atom stereocenters. The molecule has 0 spiro atoms. The number of hydrogen-bond donors (Lipinski definition) is 1. The molecule has 1 aromatic carbocycles. The molecule has 0 fully saturated rings. The Balaban J connectivity index is 1.81. The third kappa shape index (κ3) is 6.61. The lowest BCUT2D eigenvalue weighted by Gasteiger charge is -2.18. The van der Waals surface area contributed by atoms with Crippen LogP contribution in [0.4, 0.5) is 4.79 Å². The molecule has 138 valence electrons. The molecule has 0 bridgehead atoms. The molecule has 0 saturated carbocycles. The van der Waals surface area contributed by atoms with E-state index in [1.54, 1.807) is 0 Å². The van der Waals surface area contributed by atoms with Gasteiger partial charge in [-0.1, -0.05) is 42.5 Å². The first kappa shape index (κ1) is 19.5. The Morgan fingerprint density at radius 2 is 1.96 bits per heavy atom. The van der Waals surface area contributed by atoms with Crippen LogP contribution in [-0.4, -0.2) is 49.4 Å². The van der Waals surface area contributed by atoms with Crippen molar-refractivity contribution < 1.29 is 14.3 Å². The quantitative estimate of drug-likeness (QED) is 0.516. The smallest absolute Gasteiger partial charge is 0.438 e. The number of rotatable bonds is 10.